The predicted molar refractivity (Wildman–Crippen MR) is 86.4 cm³/mol. The van der Waals surface area contributed by atoms with Gasteiger partial charge in [-0.2, -0.15) is 0 Å². The molecule has 3 atom stereocenters. The highest BCUT2D eigenvalue weighted by atomic mass is 16.5. The number of hydrogen-bond acceptors (Lipinski definition) is 3. The SMILES string of the molecule is CCCOC1CCCN(CC2CC(C(C)C)CCC2=O)C1. The third-order valence-electron chi connectivity index (χ3n) is 5.25. The van der Waals surface area contributed by atoms with Gasteiger partial charge in [-0.15, -0.1) is 0 Å². The van der Waals surface area contributed by atoms with Crippen LogP contribution in [0.2, 0.25) is 0 Å². The Morgan fingerprint density at radius 1 is 1.33 bits per heavy atom. The Kier molecular flexibility index (Phi) is 6.69. The van der Waals surface area contributed by atoms with Gasteiger partial charge in [-0.25, -0.2) is 0 Å². The molecule has 21 heavy (non-hydrogen) atoms. The van der Waals surface area contributed by atoms with Crippen LogP contribution in [0.3, 0.4) is 0 Å². The first-order valence-corrected chi connectivity index (χ1v) is 8.96. The molecule has 3 unspecified atom stereocenters. The quantitative estimate of drug-likeness (QED) is 0.751. The summed E-state index contributed by atoms with van der Waals surface area (Å²) in [6, 6.07) is 0. The molecule has 0 aromatic heterocycles. The Bertz CT molecular complexity index is 329. The molecule has 1 heterocycles. The first kappa shape index (κ1) is 17.0. The van der Waals surface area contributed by atoms with Crippen molar-refractivity contribution in [1.82, 2.24) is 4.90 Å². The summed E-state index contributed by atoms with van der Waals surface area (Å²) in [6.07, 6.45) is 6.89. The van der Waals surface area contributed by atoms with Crippen molar-refractivity contribution >= 4 is 5.78 Å². The number of ether oxygens (including phenoxy) is 1. The fourth-order valence-corrected chi connectivity index (χ4v) is 3.84. The summed E-state index contributed by atoms with van der Waals surface area (Å²) in [4.78, 5) is 14.7. The molecular weight excluding hydrogens is 262 g/mol. The second kappa shape index (κ2) is 8.28. The molecule has 0 aromatic rings. The van der Waals surface area contributed by atoms with Crippen LogP contribution in [0, 0.1) is 17.8 Å². The molecule has 3 nitrogen and oxygen atoms in total. The molecule has 0 radical (unpaired) electrons. The highest BCUT2D eigenvalue weighted by Crippen LogP contribution is 2.32. The molecule has 0 bridgehead atoms. The van der Waals surface area contributed by atoms with Gasteiger partial charge in [0.2, 0.25) is 0 Å². The number of carbonyl (C=O) groups is 1. The number of rotatable bonds is 6. The van der Waals surface area contributed by atoms with E-state index in [9.17, 15) is 4.79 Å². The van der Waals surface area contributed by atoms with Crippen molar-refractivity contribution in [2.75, 3.05) is 26.2 Å². The van der Waals surface area contributed by atoms with Gasteiger partial charge in [-0.3, -0.25) is 4.79 Å². The molecule has 1 saturated heterocycles. The maximum Gasteiger partial charge on any atom is 0.137 e. The molecule has 0 N–H and O–H groups in total. The van der Waals surface area contributed by atoms with Crippen LogP contribution >= 0.6 is 0 Å². The van der Waals surface area contributed by atoms with Crippen LogP contribution in [0.5, 0.6) is 0 Å². The molecule has 2 fully saturated rings. The topological polar surface area (TPSA) is 29.5 Å². The Balaban J connectivity index is 1.83. The molecule has 3 heteroatoms. The van der Waals surface area contributed by atoms with Gasteiger partial charge in [0, 0.05) is 32.0 Å². The van der Waals surface area contributed by atoms with E-state index in [2.05, 4.69) is 25.7 Å². The fourth-order valence-electron chi connectivity index (χ4n) is 3.84. The zero-order valence-corrected chi connectivity index (χ0v) is 14.1. The third-order valence-corrected chi connectivity index (χ3v) is 5.25. The minimum atomic E-state index is 0.274. The number of nitrogens with zero attached hydrogens (tertiary/aromatic N) is 1. The van der Waals surface area contributed by atoms with Crippen LogP contribution in [0.1, 0.15) is 59.3 Å². The van der Waals surface area contributed by atoms with E-state index in [1.165, 1.54) is 12.8 Å². The van der Waals surface area contributed by atoms with Crippen molar-refractivity contribution < 1.29 is 9.53 Å². The average Bonchev–Trinajstić information content (AvgIpc) is 2.47. The molecule has 2 aliphatic rings. The Hall–Kier alpha value is -0.410. The van der Waals surface area contributed by atoms with E-state index in [1.807, 2.05) is 0 Å². The lowest BCUT2D eigenvalue weighted by atomic mass is 9.75. The number of likely N-dealkylation sites (tertiary alicyclic amines) is 1. The van der Waals surface area contributed by atoms with E-state index in [0.717, 1.165) is 57.8 Å². The van der Waals surface area contributed by atoms with Gasteiger partial charge >= 0.3 is 0 Å². The summed E-state index contributed by atoms with van der Waals surface area (Å²) in [5.74, 6) is 2.23. The van der Waals surface area contributed by atoms with E-state index in [4.69, 9.17) is 4.74 Å². The first-order valence-electron chi connectivity index (χ1n) is 8.96. The third kappa shape index (κ3) is 5.07. The molecule has 1 saturated carbocycles. The van der Waals surface area contributed by atoms with Gasteiger partial charge in [0.05, 0.1) is 6.10 Å². The first-order chi connectivity index (χ1) is 10.1. The van der Waals surface area contributed by atoms with Gasteiger partial charge in [0.15, 0.2) is 0 Å². The summed E-state index contributed by atoms with van der Waals surface area (Å²) in [6.45, 7) is 10.8. The highest BCUT2D eigenvalue weighted by molar-refractivity contribution is 5.82. The van der Waals surface area contributed by atoms with E-state index < -0.39 is 0 Å². The van der Waals surface area contributed by atoms with Crippen molar-refractivity contribution in [3.05, 3.63) is 0 Å². The summed E-state index contributed by atoms with van der Waals surface area (Å²) in [5, 5.41) is 0. The summed E-state index contributed by atoms with van der Waals surface area (Å²) < 4.78 is 5.91. The summed E-state index contributed by atoms with van der Waals surface area (Å²) in [7, 11) is 0. The average molecular weight is 295 g/mol. The van der Waals surface area contributed by atoms with Crippen LogP contribution in [0.4, 0.5) is 0 Å². The maximum atomic E-state index is 12.2. The molecule has 0 aromatic carbocycles. The van der Waals surface area contributed by atoms with Crippen LogP contribution in [0.25, 0.3) is 0 Å². The summed E-state index contributed by atoms with van der Waals surface area (Å²) >= 11 is 0. The molecule has 0 amide bonds. The van der Waals surface area contributed by atoms with E-state index in [0.29, 0.717) is 17.8 Å². The zero-order chi connectivity index (χ0) is 15.2. The molecule has 1 aliphatic carbocycles. The van der Waals surface area contributed by atoms with Gasteiger partial charge in [0.1, 0.15) is 5.78 Å². The normalized spacial score (nSPS) is 31.8. The fraction of sp³-hybridized carbons (Fsp3) is 0.944. The molecular formula is C18H33NO2. The van der Waals surface area contributed by atoms with Gasteiger partial charge < -0.3 is 9.64 Å². The second-order valence-corrected chi connectivity index (χ2v) is 7.34. The smallest absolute Gasteiger partial charge is 0.137 e. The van der Waals surface area contributed by atoms with Crippen molar-refractivity contribution in [2.45, 2.75) is 65.4 Å². The lowest BCUT2D eigenvalue weighted by Crippen LogP contribution is -2.44. The maximum absolute atomic E-state index is 12.2. The standard InChI is InChI=1S/C18H33NO2/c1-4-10-21-17-6-5-9-19(13-17)12-16-11-15(14(2)3)7-8-18(16)20/h14-17H,4-13H2,1-3H3. The molecule has 122 valence electrons. The highest BCUT2D eigenvalue weighted by Gasteiger charge is 2.32. The van der Waals surface area contributed by atoms with Crippen LogP contribution in [-0.4, -0.2) is 43.0 Å². The lowest BCUT2D eigenvalue weighted by Gasteiger charge is -2.37. The van der Waals surface area contributed by atoms with Crippen LogP contribution < -0.4 is 0 Å². The largest absolute Gasteiger partial charge is 0.377 e. The molecule has 1 aliphatic heterocycles. The number of Topliss-reactive ketones (excluding diaryl/α,β-unsaturated/α-hetero) is 1. The Morgan fingerprint density at radius 3 is 2.86 bits per heavy atom. The van der Waals surface area contributed by atoms with Crippen LogP contribution in [-0.2, 0) is 9.53 Å². The zero-order valence-electron chi connectivity index (χ0n) is 14.1. The number of piperidine rings is 1. The minimum absolute atomic E-state index is 0.274. The van der Waals surface area contributed by atoms with E-state index in [1.54, 1.807) is 0 Å². The van der Waals surface area contributed by atoms with Gasteiger partial charge in [-0.1, -0.05) is 20.8 Å². The predicted octanol–water partition coefficient (Wildman–Crippen LogP) is 3.52. The van der Waals surface area contributed by atoms with Crippen molar-refractivity contribution in [3.8, 4) is 0 Å². The van der Waals surface area contributed by atoms with Crippen molar-refractivity contribution in [3.63, 3.8) is 0 Å². The Labute approximate surface area is 130 Å². The van der Waals surface area contributed by atoms with Gasteiger partial charge in [-0.05, 0) is 50.5 Å². The number of carbonyl (C=O) groups excluding carboxylic acids is 1. The number of ketones is 1. The Morgan fingerprint density at radius 2 is 2.14 bits per heavy atom. The number of hydrogen-bond donors (Lipinski definition) is 0. The van der Waals surface area contributed by atoms with Crippen molar-refractivity contribution in [2.24, 2.45) is 17.8 Å². The minimum Gasteiger partial charge on any atom is -0.377 e. The second-order valence-electron chi connectivity index (χ2n) is 7.34. The lowest BCUT2D eigenvalue weighted by molar-refractivity contribution is -0.127. The van der Waals surface area contributed by atoms with Gasteiger partial charge in [0.25, 0.3) is 0 Å². The van der Waals surface area contributed by atoms with Crippen LogP contribution in [0.15, 0.2) is 0 Å². The molecule has 0 spiro atoms. The monoisotopic (exact) mass is 295 g/mol. The van der Waals surface area contributed by atoms with Crippen molar-refractivity contribution in [1.29, 1.82) is 0 Å². The van der Waals surface area contributed by atoms with E-state index >= 15 is 0 Å². The molecule has 2 rings (SSSR count). The summed E-state index contributed by atoms with van der Waals surface area (Å²) in [5.41, 5.74) is 0. The van der Waals surface area contributed by atoms with E-state index in [-0.39, 0.29) is 5.92 Å².